The summed E-state index contributed by atoms with van der Waals surface area (Å²) in [5.41, 5.74) is -2.58. The van der Waals surface area contributed by atoms with Crippen LogP contribution in [-0.4, -0.2) is 70.1 Å². The molecule has 0 spiro atoms. The molecule has 1 aromatic carbocycles. The maximum absolute atomic E-state index is 12.4. The maximum atomic E-state index is 12.4. The van der Waals surface area contributed by atoms with Crippen molar-refractivity contribution in [2.45, 2.75) is 57.0 Å². The lowest BCUT2D eigenvalue weighted by Gasteiger charge is -2.34. The maximum Gasteiger partial charge on any atom is 0.330 e. The number of hydrogen-bond donors (Lipinski definition) is 3. The van der Waals surface area contributed by atoms with Gasteiger partial charge in [-0.15, -0.1) is 0 Å². The third kappa shape index (κ3) is 6.20. The second-order valence-electron chi connectivity index (χ2n) is 9.18. The van der Waals surface area contributed by atoms with Gasteiger partial charge in [0, 0.05) is 12.3 Å². The first kappa shape index (κ1) is 27.6. The number of rotatable bonds is 11. The van der Waals surface area contributed by atoms with Crippen LogP contribution in [0.3, 0.4) is 0 Å². The van der Waals surface area contributed by atoms with E-state index >= 15 is 0 Å². The Labute approximate surface area is 218 Å². The molecule has 6 atom stereocenters. The van der Waals surface area contributed by atoms with Crippen LogP contribution < -0.4 is 21.1 Å². The highest BCUT2D eigenvalue weighted by Gasteiger charge is 2.62. The van der Waals surface area contributed by atoms with Crippen molar-refractivity contribution in [3.8, 4) is 5.75 Å². The number of nitrogens with one attached hydrogen (secondary N) is 2. The van der Waals surface area contributed by atoms with Crippen LogP contribution in [-0.2, 0) is 35.3 Å². The Balaban J connectivity index is 1.51. The van der Waals surface area contributed by atoms with Crippen molar-refractivity contribution in [2.75, 3.05) is 19.6 Å². The van der Waals surface area contributed by atoms with Crippen LogP contribution in [0.25, 0.3) is 0 Å². The Hall–Kier alpha value is -2.38. The molecule has 2 bridgehead atoms. The molecule has 0 aliphatic carbocycles. The van der Waals surface area contributed by atoms with Crippen molar-refractivity contribution < 1.29 is 33.4 Å². The summed E-state index contributed by atoms with van der Waals surface area (Å²) in [7, 11) is 0. The molecular weight excluding hydrogens is 525 g/mol. The Morgan fingerprint density at radius 2 is 2.03 bits per heavy atom. The highest BCUT2D eigenvalue weighted by molar-refractivity contribution is 8.11. The highest BCUT2D eigenvalue weighted by atomic mass is 32.4. The lowest BCUT2D eigenvalue weighted by atomic mass is 10.0. The monoisotopic (exact) mass is 555 g/mol. The van der Waals surface area contributed by atoms with Crippen molar-refractivity contribution in [2.24, 2.45) is 0 Å². The number of esters is 1. The summed E-state index contributed by atoms with van der Waals surface area (Å²) in [5.74, 6) is 0.0706. The number of benzene rings is 1. The van der Waals surface area contributed by atoms with E-state index in [-0.39, 0.29) is 25.7 Å². The molecule has 0 radical (unpaired) electrons. The van der Waals surface area contributed by atoms with Crippen LogP contribution in [0.2, 0.25) is 0 Å². The van der Waals surface area contributed by atoms with Crippen LogP contribution in [0, 0.1) is 0 Å². The van der Waals surface area contributed by atoms with Crippen molar-refractivity contribution in [1.29, 1.82) is 0 Å². The number of nitrogens with zero attached hydrogens (tertiary/aromatic N) is 1. The van der Waals surface area contributed by atoms with E-state index in [1.807, 2.05) is 18.2 Å². The topological polar surface area (TPSA) is 150 Å². The molecule has 14 heteroatoms. The summed E-state index contributed by atoms with van der Waals surface area (Å²) in [6.07, 6.45) is -5.15. The van der Waals surface area contributed by atoms with Crippen LogP contribution in [0.15, 0.2) is 52.2 Å². The second kappa shape index (κ2) is 11.2. The minimum absolute atomic E-state index is 0.00669. The number of aromatic nitrogens is 2. The minimum Gasteiger partial charge on any atom is -0.485 e. The van der Waals surface area contributed by atoms with Gasteiger partial charge in [-0.3, -0.25) is 24.2 Å². The second-order valence-corrected chi connectivity index (χ2v) is 13.1. The van der Waals surface area contributed by atoms with Gasteiger partial charge < -0.3 is 28.6 Å². The van der Waals surface area contributed by atoms with Gasteiger partial charge in [0.1, 0.15) is 29.6 Å². The zero-order valence-electron chi connectivity index (χ0n) is 20.6. The van der Waals surface area contributed by atoms with Gasteiger partial charge in [-0.05, 0) is 44.7 Å². The summed E-state index contributed by atoms with van der Waals surface area (Å²) >= 11 is 5.82. The van der Waals surface area contributed by atoms with E-state index in [0.29, 0.717) is 5.75 Å². The first-order valence-electron chi connectivity index (χ1n) is 11.7. The summed E-state index contributed by atoms with van der Waals surface area (Å²) < 4.78 is 30.2. The summed E-state index contributed by atoms with van der Waals surface area (Å²) in [6, 6.07) is 9.38. The van der Waals surface area contributed by atoms with Crippen molar-refractivity contribution in [1.82, 2.24) is 14.6 Å². The molecule has 0 saturated carbocycles. The molecule has 1 aromatic heterocycles. The number of aliphatic hydroxyl groups excluding tert-OH is 1. The molecule has 0 unspecified atom stereocenters. The fourth-order valence-electron chi connectivity index (χ4n) is 4.05. The van der Waals surface area contributed by atoms with E-state index < -0.39 is 53.7 Å². The zero-order chi connectivity index (χ0) is 26.8. The van der Waals surface area contributed by atoms with E-state index in [1.165, 1.54) is 12.3 Å². The number of aliphatic hydroxyl groups is 1. The summed E-state index contributed by atoms with van der Waals surface area (Å²) in [4.78, 5) is 38.3. The predicted octanol–water partition coefficient (Wildman–Crippen LogP) is 0.856. The molecule has 4 rings (SSSR count). The molecule has 2 aromatic rings. The van der Waals surface area contributed by atoms with Gasteiger partial charge in [0.05, 0.1) is 19.3 Å². The molecule has 202 valence electrons. The number of carbonyl (C=O) groups excluding carboxylic acids is 1. The Morgan fingerprint density at radius 1 is 1.30 bits per heavy atom. The molecule has 2 fully saturated rings. The molecule has 0 amide bonds. The standard InChI is InChI=1S/C23H30N3O9PS/c1-14(2)34-21(29)15(3)25-36(37,13-32-16-7-5-4-6-8-16)33-12-23-11-31-18(19(23)28)20(35-23)26-10-9-17(27)24-22(26)30/h4-10,14-15,18-20,28H,11-13H2,1-3H3,(H,25,37)(H,24,27,30)/t15-,18-,19+,20-,23-,36+/m1/s1. The van der Waals surface area contributed by atoms with Gasteiger partial charge in [-0.1, -0.05) is 18.2 Å². The van der Waals surface area contributed by atoms with Crippen molar-refractivity contribution >= 4 is 24.2 Å². The molecule has 2 saturated heterocycles. The average molecular weight is 556 g/mol. The number of para-hydroxylation sites is 1. The SMILES string of the molecule is CC(C)OC(=O)[C@@H](C)N[P@@](=S)(COc1ccccc1)OC[C@@]12CO[C@@H]([C@H](n3ccc(=O)[nH]c3=O)O1)[C@@H]2O. The van der Waals surface area contributed by atoms with Crippen LogP contribution >= 0.6 is 6.42 Å². The van der Waals surface area contributed by atoms with Crippen LogP contribution in [0.5, 0.6) is 5.75 Å². The number of carbonyl (C=O) groups is 1. The molecule has 2 aliphatic rings. The molecule has 37 heavy (non-hydrogen) atoms. The molecule has 2 aliphatic heterocycles. The van der Waals surface area contributed by atoms with E-state index in [2.05, 4.69) is 10.1 Å². The molecule has 3 N–H and O–H groups in total. The number of H-pyrrole nitrogens is 1. The van der Waals surface area contributed by atoms with Crippen LogP contribution in [0.1, 0.15) is 27.0 Å². The third-order valence-corrected chi connectivity index (χ3v) is 8.63. The summed E-state index contributed by atoms with van der Waals surface area (Å²) in [5, 5.41) is 14.0. The molecular formula is C23H30N3O9PS. The molecule has 12 nitrogen and oxygen atoms in total. The van der Waals surface area contributed by atoms with Gasteiger partial charge in [0.25, 0.3) is 5.56 Å². The fourth-order valence-corrected chi connectivity index (χ4v) is 6.51. The first-order valence-corrected chi connectivity index (χ1v) is 14.6. The van der Waals surface area contributed by atoms with E-state index in [4.69, 9.17) is 35.3 Å². The summed E-state index contributed by atoms with van der Waals surface area (Å²) in [6.45, 7) is 4.90. The minimum atomic E-state index is -3.06. The number of ether oxygens (including phenoxy) is 4. The lowest BCUT2D eigenvalue weighted by molar-refractivity contribution is -0.184. The average Bonchev–Trinajstić information content (AvgIpc) is 3.31. The third-order valence-electron chi connectivity index (χ3n) is 5.89. The van der Waals surface area contributed by atoms with Gasteiger partial charge in [0.15, 0.2) is 19.0 Å². The normalized spacial score (nSPS) is 27.1. The Bertz CT molecular complexity index is 1270. The smallest absolute Gasteiger partial charge is 0.330 e. The van der Waals surface area contributed by atoms with Gasteiger partial charge >= 0.3 is 11.7 Å². The number of aromatic amines is 1. The lowest BCUT2D eigenvalue weighted by Crippen LogP contribution is -2.46. The van der Waals surface area contributed by atoms with Gasteiger partial charge in [-0.2, -0.15) is 0 Å². The first-order chi connectivity index (χ1) is 17.5. The van der Waals surface area contributed by atoms with E-state index in [0.717, 1.165) is 4.57 Å². The zero-order valence-corrected chi connectivity index (χ0v) is 22.3. The van der Waals surface area contributed by atoms with E-state index in [9.17, 15) is 19.5 Å². The van der Waals surface area contributed by atoms with Crippen LogP contribution in [0.4, 0.5) is 0 Å². The molecule has 3 heterocycles. The predicted molar refractivity (Wildman–Crippen MR) is 136 cm³/mol. The van der Waals surface area contributed by atoms with Crippen molar-refractivity contribution in [3.63, 3.8) is 0 Å². The van der Waals surface area contributed by atoms with E-state index in [1.54, 1.807) is 32.9 Å². The Kier molecular flexibility index (Phi) is 8.34. The van der Waals surface area contributed by atoms with Gasteiger partial charge in [-0.25, -0.2) is 4.79 Å². The quantitative estimate of drug-likeness (QED) is 0.268. The van der Waals surface area contributed by atoms with Crippen molar-refractivity contribution in [3.05, 3.63) is 63.4 Å². The highest BCUT2D eigenvalue weighted by Crippen LogP contribution is 2.49. The largest absolute Gasteiger partial charge is 0.485 e. The number of hydrogen-bond acceptors (Lipinski definition) is 10. The van der Waals surface area contributed by atoms with Gasteiger partial charge in [0.2, 0.25) is 0 Å². The fraction of sp³-hybridized carbons (Fsp3) is 0.522. The number of fused-ring (bicyclic) bond motifs is 2. The Morgan fingerprint density at radius 3 is 2.70 bits per heavy atom.